The second-order valence-corrected chi connectivity index (χ2v) is 7.88. The first kappa shape index (κ1) is 18.3. The molecule has 7 heteroatoms. The van der Waals surface area contributed by atoms with Crippen molar-refractivity contribution in [1.82, 2.24) is 19.6 Å². The predicted octanol–water partition coefficient (Wildman–Crippen LogP) is 4.67. The molecule has 142 valence electrons. The van der Waals surface area contributed by atoms with E-state index < -0.39 is 0 Å². The summed E-state index contributed by atoms with van der Waals surface area (Å²) in [6, 6.07) is 10.3. The Hall–Kier alpha value is -3.06. The quantitative estimate of drug-likeness (QED) is 0.536. The Morgan fingerprint density at radius 3 is 2.75 bits per heavy atom. The van der Waals surface area contributed by atoms with E-state index in [1.165, 1.54) is 16.9 Å². The average molecular weight is 392 g/mol. The summed E-state index contributed by atoms with van der Waals surface area (Å²) in [5, 5.41) is 7.83. The molecule has 28 heavy (non-hydrogen) atoms. The fraction of sp³-hybridized carbons (Fsp3) is 0.238. The molecule has 1 N–H and O–H groups in total. The maximum absolute atomic E-state index is 12.8. The summed E-state index contributed by atoms with van der Waals surface area (Å²) in [6.07, 6.45) is 5.63. The maximum Gasteiger partial charge on any atom is 0.263 e. The van der Waals surface area contributed by atoms with Crippen LogP contribution in [-0.4, -0.2) is 25.5 Å². The minimum atomic E-state index is -0.246. The molecule has 0 radical (unpaired) electrons. The Morgan fingerprint density at radius 2 is 2.00 bits per heavy atom. The number of thiazole rings is 1. The number of fused-ring (bicyclic) bond motifs is 1. The number of rotatable bonds is 5. The van der Waals surface area contributed by atoms with Gasteiger partial charge in [0, 0.05) is 22.8 Å². The lowest BCUT2D eigenvalue weighted by Gasteiger charge is -2.02. The lowest BCUT2D eigenvalue weighted by atomic mass is 10.1. The Balaban J connectivity index is 1.60. The van der Waals surface area contributed by atoms with E-state index in [1.54, 1.807) is 29.9 Å². The van der Waals surface area contributed by atoms with E-state index in [0.717, 1.165) is 29.0 Å². The molecule has 4 rings (SSSR count). The van der Waals surface area contributed by atoms with Crippen molar-refractivity contribution in [3.05, 3.63) is 64.4 Å². The van der Waals surface area contributed by atoms with Crippen LogP contribution < -0.4 is 5.32 Å². The highest BCUT2D eigenvalue weighted by atomic mass is 32.1. The average Bonchev–Trinajstić information content (AvgIpc) is 3.21. The van der Waals surface area contributed by atoms with Gasteiger partial charge < -0.3 is 0 Å². The first-order chi connectivity index (χ1) is 13.6. The van der Waals surface area contributed by atoms with E-state index in [9.17, 15) is 4.79 Å². The van der Waals surface area contributed by atoms with E-state index in [4.69, 9.17) is 0 Å². The molecule has 0 aliphatic rings. The molecule has 3 heterocycles. The smallest absolute Gasteiger partial charge is 0.263 e. The summed E-state index contributed by atoms with van der Waals surface area (Å²) in [7, 11) is 0. The number of aromatic nitrogens is 4. The third-order valence-electron chi connectivity index (χ3n) is 4.58. The van der Waals surface area contributed by atoms with Gasteiger partial charge in [0.1, 0.15) is 5.56 Å². The van der Waals surface area contributed by atoms with E-state index >= 15 is 0 Å². The number of carbonyl (C=O) groups excluding carboxylic acids is 1. The minimum absolute atomic E-state index is 0.246. The lowest BCUT2D eigenvalue weighted by molar-refractivity contribution is 0.102. The zero-order valence-corrected chi connectivity index (χ0v) is 16.9. The molecule has 1 amide bonds. The Bertz CT molecular complexity index is 1140. The maximum atomic E-state index is 12.8. The van der Waals surface area contributed by atoms with Crippen LogP contribution in [0, 0.1) is 13.8 Å². The molecular weight excluding hydrogens is 370 g/mol. The largest absolute Gasteiger partial charge is 0.298 e. The van der Waals surface area contributed by atoms with Crippen molar-refractivity contribution in [2.45, 2.75) is 33.6 Å². The summed E-state index contributed by atoms with van der Waals surface area (Å²) in [4.78, 5) is 22.8. The normalized spacial score (nSPS) is 11.1. The SMILES string of the molecule is CCCc1ccc(-c2nc(NC(=O)c3c(C)nn4cccnc34)sc2C)cc1. The fourth-order valence-corrected chi connectivity index (χ4v) is 4.09. The first-order valence-corrected chi connectivity index (χ1v) is 10.1. The van der Waals surface area contributed by atoms with E-state index in [1.807, 2.05) is 6.92 Å². The van der Waals surface area contributed by atoms with Crippen molar-refractivity contribution in [1.29, 1.82) is 0 Å². The predicted molar refractivity (Wildman–Crippen MR) is 112 cm³/mol. The molecule has 0 bridgehead atoms. The minimum Gasteiger partial charge on any atom is -0.298 e. The molecule has 0 spiro atoms. The van der Waals surface area contributed by atoms with Gasteiger partial charge >= 0.3 is 0 Å². The van der Waals surface area contributed by atoms with Crippen LogP contribution in [0.4, 0.5) is 5.13 Å². The zero-order valence-electron chi connectivity index (χ0n) is 16.1. The highest BCUT2D eigenvalue weighted by Gasteiger charge is 2.20. The fourth-order valence-electron chi connectivity index (χ4n) is 3.26. The third kappa shape index (κ3) is 3.41. The topological polar surface area (TPSA) is 72.2 Å². The van der Waals surface area contributed by atoms with Crippen LogP contribution in [0.25, 0.3) is 16.9 Å². The van der Waals surface area contributed by atoms with Gasteiger partial charge in [-0.25, -0.2) is 14.5 Å². The molecule has 6 nitrogen and oxygen atoms in total. The monoisotopic (exact) mass is 391 g/mol. The number of hydrogen-bond donors (Lipinski definition) is 1. The molecular formula is C21H21N5OS. The van der Waals surface area contributed by atoms with Gasteiger partial charge in [-0.3, -0.25) is 10.1 Å². The van der Waals surface area contributed by atoms with Gasteiger partial charge in [-0.05, 0) is 31.9 Å². The number of nitrogens with one attached hydrogen (secondary N) is 1. The van der Waals surface area contributed by atoms with Crippen molar-refractivity contribution in [2.75, 3.05) is 5.32 Å². The number of aryl methyl sites for hydroxylation is 3. The highest BCUT2D eigenvalue weighted by molar-refractivity contribution is 7.16. The van der Waals surface area contributed by atoms with Gasteiger partial charge in [0.05, 0.1) is 11.4 Å². The molecule has 0 fully saturated rings. The molecule has 4 aromatic rings. The van der Waals surface area contributed by atoms with Crippen LogP contribution in [0.2, 0.25) is 0 Å². The summed E-state index contributed by atoms with van der Waals surface area (Å²) in [6.45, 7) is 6.00. The summed E-state index contributed by atoms with van der Waals surface area (Å²) >= 11 is 1.47. The molecule has 1 aromatic carbocycles. The Kier molecular flexibility index (Phi) is 4.92. The second-order valence-electron chi connectivity index (χ2n) is 6.67. The number of anilines is 1. The standard InChI is InChI=1S/C21H21N5OS/c1-4-6-15-7-9-16(10-8-15)18-14(3)28-21(23-18)24-20(27)17-13(2)25-26-12-5-11-22-19(17)26/h5,7-12H,4,6H2,1-3H3,(H,23,24,27). The lowest BCUT2D eigenvalue weighted by Crippen LogP contribution is -2.13. The molecule has 3 aromatic heterocycles. The van der Waals surface area contributed by atoms with Crippen LogP contribution in [-0.2, 0) is 6.42 Å². The molecule has 0 atom stereocenters. The molecule has 0 saturated heterocycles. The van der Waals surface area contributed by atoms with Gasteiger partial charge in [-0.15, -0.1) is 11.3 Å². The molecule has 0 unspecified atom stereocenters. The van der Waals surface area contributed by atoms with Crippen LogP contribution in [0.5, 0.6) is 0 Å². The second kappa shape index (κ2) is 7.52. The number of amides is 1. The van der Waals surface area contributed by atoms with Crippen molar-refractivity contribution in [3.8, 4) is 11.3 Å². The summed E-state index contributed by atoms with van der Waals surface area (Å²) < 4.78 is 1.61. The number of hydrogen-bond acceptors (Lipinski definition) is 5. The first-order valence-electron chi connectivity index (χ1n) is 9.25. The van der Waals surface area contributed by atoms with E-state index in [2.05, 4.69) is 51.6 Å². The molecule has 0 aliphatic heterocycles. The Morgan fingerprint density at radius 1 is 1.21 bits per heavy atom. The molecule has 0 aliphatic carbocycles. The number of benzene rings is 1. The zero-order chi connectivity index (χ0) is 19.7. The van der Waals surface area contributed by atoms with E-state index in [0.29, 0.717) is 22.0 Å². The molecule has 0 saturated carbocycles. The van der Waals surface area contributed by atoms with Gasteiger partial charge in [0.25, 0.3) is 5.91 Å². The van der Waals surface area contributed by atoms with Gasteiger partial charge in [-0.2, -0.15) is 5.10 Å². The van der Waals surface area contributed by atoms with Crippen LogP contribution >= 0.6 is 11.3 Å². The van der Waals surface area contributed by atoms with E-state index in [-0.39, 0.29) is 5.91 Å². The summed E-state index contributed by atoms with van der Waals surface area (Å²) in [5.74, 6) is -0.246. The number of carbonyl (C=O) groups is 1. The van der Waals surface area contributed by atoms with Gasteiger partial charge in [-0.1, -0.05) is 37.6 Å². The van der Waals surface area contributed by atoms with Crippen molar-refractivity contribution in [2.24, 2.45) is 0 Å². The number of nitrogens with zero attached hydrogens (tertiary/aromatic N) is 4. The Labute approximate surface area is 167 Å². The van der Waals surface area contributed by atoms with Gasteiger partial charge in [0.15, 0.2) is 10.8 Å². The highest BCUT2D eigenvalue weighted by Crippen LogP contribution is 2.31. The van der Waals surface area contributed by atoms with Crippen molar-refractivity contribution >= 4 is 28.0 Å². The van der Waals surface area contributed by atoms with Crippen molar-refractivity contribution in [3.63, 3.8) is 0 Å². The van der Waals surface area contributed by atoms with Crippen LogP contribution in [0.15, 0.2) is 42.7 Å². The third-order valence-corrected chi connectivity index (χ3v) is 5.47. The van der Waals surface area contributed by atoms with Crippen LogP contribution in [0.3, 0.4) is 0 Å². The van der Waals surface area contributed by atoms with Crippen LogP contribution in [0.1, 0.15) is 39.8 Å². The summed E-state index contributed by atoms with van der Waals surface area (Å²) in [5.41, 5.74) is 4.93. The van der Waals surface area contributed by atoms with Gasteiger partial charge in [0.2, 0.25) is 0 Å². The van der Waals surface area contributed by atoms with Crippen molar-refractivity contribution < 1.29 is 4.79 Å².